The second kappa shape index (κ2) is 6.70. The minimum atomic E-state index is -0.782. The van der Waals surface area contributed by atoms with Crippen LogP contribution in [-0.2, 0) is 16.1 Å². The SMILES string of the molecule is Cc1cccc(CN(C)C(=O)C2CCCC(C(=O)O)C2)n1. The maximum absolute atomic E-state index is 12.5. The molecule has 0 aliphatic heterocycles. The lowest BCUT2D eigenvalue weighted by molar-refractivity contribution is -0.145. The molecule has 1 aromatic rings. The number of hydrogen-bond donors (Lipinski definition) is 1. The van der Waals surface area contributed by atoms with E-state index < -0.39 is 5.97 Å². The zero-order valence-electron chi connectivity index (χ0n) is 12.6. The molecular weight excluding hydrogens is 268 g/mol. The molecule has 1 amide bonds. The molecule has 5 nitrogen and oxygen atoms in total. The van der Waals surface area contributed by atoms with Gasteiger partial charge in [-0.3, -0.25) is 14.6 Å². The largest absolute Gasteiger partial charge is 0.481 e. The van der Waals surface area contributed by atoms with E-state index in [9.17, 15) is 9.59 Å². The van der Waals surface area contributed by atoms with Gasteiger partial charge in [0, 0.05) is 18.7 Å². The first-order valence-electron chi connectivity index (χ1n) is 7.37. The molecule has 1 fully saturated rings. The number of aliphatic carboxylic acids is 1. The smallest absolute Gasteiger partial charge is 0.306 e. The number of aryl methyl sites for hydroxylation is 1. The van der Waals surface area contributed by atoms with Gasteiger partial charge in [0.05, 0.1) is 18.2 Å². The second-order valence-corrected chi connectivity index (χ2v) is 5.86. The first kappa shape index (κ1) is 15.5. The molecule has 2 rings (SSSR count). The zero-order valence-corrected chi connectivity index (χ0v) is 12.6. The quantitative estimate of drug-likeness (QED) is 0.923. The van der Waals surface area contributed by atoms with Gasteiger partial charge in [-0.1, -0.05) is 12.5 Å². The van der Waals surface area contributed by atoms with E-state index in [1.54, 1.807) is 11.9 Å². The predicted molar refractivity (Wildman–Crippen MR) is 78.5 cm³/mol. The summed E-state index contributed by atoms with van der Waals surface area (Å²) in [5.74, 6) is -1.30. The van der Waals surface area contributed by atoms with Crippen LogP contribution >= 0.6 is 0 Å². The number of carboxylic acids is 1. The molecule has 0 saturated heterocycles. The first-order valence-corrected chi connectivity index (χ1v) is 7.37. The van der Waals surface area contributed by atoms with Crippen molar-refractivity contribution in [3.05, 3.63) is 29.6 Å². The Balaban J connectivity index is 1.97. The summed E-state index contributed by atoms with van der Waals surface area (Å²) >= 11 is 0. The molecule has 114 valence electrons. The highest BCUT2D eigenvalue weighted by Gasteiger charge is 2.32. The van der Waals surface area contributed by atoms with Gasteiger partial charge in [-0.2, -0.15) is 0 Å². The summed E-state index contributed by atoms with van der Waals surface area (Å²) in [6.07, 6.45) is 2.74. The van der Waals surface area contributed by atoms with E-state index in [2.05, 4.69) is 4.98 Å². The number of hydrogen-bond acceptors (Lipinski definition) is 3. The van der Waals surface area contributed by atoms with Crippen molar-refractivity contribution in [2.75, 3.05) is 7.05 Å². The average Bonchev–Trinajstić information content (AvgIpc) is 2.46. The highest BCUT2D eigenvalue weighted by atomic mass is 16.4. The van der Waals surface area contributed by atoms with E-state index in [0.29, 0.717) is 19.4 Å². The number of nitrogens with zero attached hydrogens (tertiary/aromatic N) is 2. The first-order chi connectivity index (χ1) is 9.97. The van der Waals surface area contributed by atoms with Crippen LogP contribution in [0.15, 0.2) is 18.2 Å². The number of carboxylic acid groups (broad SMARTS) is 1. The molecule has 0 radical (unpaired) electrons. The van der Waals surface area contributed by atoms with Gasteiger partial charge in [0.1, 0.15) is 0 Å². The van der Waals surface area contributed by atoms with Gasteiger partial charge in [-0.15, -0.1) is 0 Å². The van der Waals surface area contributed by atoms with Crippen LogP contribution in [0.3, 0.4) is 0 Å². The molecule has 1 saturated carbocycles. The molecule has 1 aliphatic rings. The van der Waals surface area contributed by atoms with Crippen molar-refractivity contribution >= 4 is 11.9 Å². The lowest BCUT2D eigenvalue weighted by Gasteiger charge is -2.29. The van der Waals surface area contributed by atoms with E-state index in [4.69, 9.17) is 5.11 Å². The summed E-state index contributed by atoms with van der Waals surface area (Å²) in [6, 6.07) is 5.75. The third-order valence-electron chi connectivity index (χ3n) is 4.09. The van der Waals surface area contributed by atoms with Crippen LogP contribution in [0.4, 0.5) is 0 Å². The number of amides is 1. The van der Waals surface area contributed by atoms with Gasteiger partial charge in [-0.25, -0.2) is 0 Å². The minimum Gasteiger partial charge on any atom is -0.481 e. The summed E-state index contributed by atoms with van der Waals surface area (Å²) in [7, 11) is 1.76. The minimum absolute atomic E-state index is 0.0317. The average molecular weight is 290 g/mol. The molecular formula is C16H22N2O3. The number of pyridine rings is 1. The number of rotatable bonds is 4. The Morgan fingerprint density at radius 2 is 2.05 bits per heavy atom. The topological polar surface area (TPSA) is 70.5 Å². The van der Waals surface area contributed by atoms with Gasteiger partial charge >= 0.3 is 5.97 Å². The van der Waals surface area contributed by atoms with Crippen molar-refractivity contribution in [2.24, 2.45) is 11.8 Å². The predicted octanol–water partition coefficient (Wildman–Crippen LogP) is 2.24. The Morgan fingerprint density at radius 3 is 2.71 bits per heavy atom. The molecule has 0 bridgehead atoms. The van der Waals surface area contributed by atoms with Crippen LogP contribution in [-0.4, -0.2) is 33.9 Å². The molecule has 2 atom stereocenters. The van der Waals surface area contributed by atoms with Crippen LogP contribution in [0, 0.1) is 18.8 Å². The van der Waals surface area contributed by atoms with Crippen LogP contribution < -0.4 is 0 Å². The number of carbonyl (C=O) groups excluding carboxylic acids is 1. The third kappa shape index (κ3) is 4.03. The summed E-state index contributed by atoms with van der Waals surface area (Å²) < 4.78 is 0. The fourth-order valence-electron chi connectivity index (χ4n) is 2.96. The molecule has 1 N–H and O–H groups in total. The lowest BCUT2D eigenvalue weighted by atomic mass is 9.81. The third-order valence-corrected chi connectivity index (χ3v) is 4.09. The maximum Gasteiger partial charge on any atom is 0.306 e. The van der Waals surface area contributed by atoms with Gasteiger partial charge in [0.25, 0.3) is 0 Å². The Morgan fingerprint density at radius 1 is 1.33 bits per heavy atom. The van der Waals surface area contributed by atoms with E-state index >= 15 is 0 Å². The molecule has 0 aromatic carbocycles. The van der Waals surface area contributed by atoms with Crippen LogP contribution in [0.5, 0.6) is 0 Å². The van der Waals surface area contributed by atoms with Gasteiger partial charge in [-0.05, 0) is 38.3 Å². The normalized spacial score (nSPS) is 21.8. The van der Waals surface area contributed by atoms with Crippen molar-refractivity contribution in [3.63, 3.8) is 0 Å². The molecule has 21 heavy (non-hydrogen) atoms. The Hall–Kier alpha value is -1.91. The van der Waals surface area contributed by atoms with Crippen molar-refractivity contribution in [1.82, 2.24) is 9.88 Å². The van der Waals surface area contributed by atoms with Crippen molar-refractivity contribution in [3.8, 4) is 0 Å². The van der Waals surface area contributed by atoms with Crippen molar-refractivity contribution in [1.29, 1.82) is 0 Å². The van der Waals surface area contributed by atoms with Crippen molar-refractivity contribution in [2.45, 2.75) is 39.2 Å². The fraction of sp³-hybridized carbons (Fsp3) is 0.562. The monoisotopic (exact) mass is 290 g/mol. The van der Waals surface area contributed by atoms with Crippen LogP contribution in [0.25, 0.3) is 0 Å². The molecule has 0 spiro atoms. The zero-order chi connectivity index (χ0) is 15.4. The summed E-state index contributed by atoms with van der Waals surface area (Å²) in [5.41, 5.74) is 1.79. The summed E-state index contributed by atoms with van der Waals surface area (Å²) in [5, 5.41) is 9.11. The van der Waals surface area contributed by atoms with E-state index in [1.807, 2.05) is 25.1 Å². The van der Waals surface area contributed by atoms with Gasteiger partial charge in [0.2, 0.25) is 5.91 Å². The Bertz CT molecular complexity index is 530. The van der Waals surface area contributed by atoms with E-state index in [1.165, 1.54) is 0 Å². The summed E-state index contributed by atoms with van der Waals surface area (Å²) in [4.78, 5) is 29.6. The number of carbonyl (C=O) groups is 2. The summed E-state index contributed by atoms with van der Waals surface area (Å²) in [6.45, 7) is 2.39. The number of aromatic nitrogens is 1. The molecule has 1 aromatic heterocycles. The lowest BCUT2D eigenvalue weighted by Crippen LogP contribution is -2.36. The van der Waals surface area contributed by atoms with Gasteiger partial charge in [0.15, 0.2) is 0 Å². The molecule has 2 unspecified atom stereocenters. The molecule has 5 heteroatoms. The van der Waals surface area contributed by atoms with Crippen molar-refractivity contribution < 1.29 is 14.7 Å². The van der Waals surface area contributed by atoms with Crippen LogP contribution in [0.1, 0.15) is 37.1 Å². The standard InChI is InChI=1S/C16H22N2O3/c1-11-5-3-8-14(17-11)10-18(2)15(19)12-6-4-7-13(9-12)16(20)21/h3,5,8,12-13H,4,6-7,9-10H2,1-2H3,(H,20,21). The Labute approximate surface area is 125 Å². The fourth-order valence-corrected chi connectivity index (χ4v) is 2.96. The second-order valence-electron chi connectivity index (χ2n) is 5.86. The van der Waals surface area contributed by atoms with Crippen LogP contribution in [0.2, 0.25) is 0 Å². The van der Waals surface area contributed by atoms with E-state index in [-0.39, 0.29) is 17.7 Å². The Kier molecular flexibility index (Phi) is 4.94. The maximum atomic E-state index is 12.5. The molecule has 1 heterocycles. The highest BCUT2D eigenvalue weighted by Crippen LogP contribution is 2.30. The highest BCUT2D eigenvalue weighted by molar-refractivity contribution is 5.80. The molecule has 1 aliphatic carbocycles. The van der Waals surface area contributed by atoms with Gasteiger partial charge < -0.3 is 10.0 Å². The van der Waals surface area contributed by atoms with E-state index in [0.717, 1.165) is 24.2 Å².